The number of aromatic nitrogens is 3. The molecule has 6 aromatic rings. The summed E-state index contributed by atoms with van der Waals surface area (Å²) in [5.74, 6) is 1.99. The Morgan fingerprint density at radius 1 is 0.324 bits per heavy atom. The van der Waals surface area contributed by atoms with Crippen molar-refractivity contribution >= 4 is 0 Å². The van der Waals surface area contributed by atoms with Crippen LogP contribution in [0.1, 0.15) is 5.56 Å². The molecule has 0 fully saturated rings. The Morgan fingerprint density at radius 2 is 0.703 bits per heavy atom. The van der Waals surface area contributed by atoms with Gasteiger partial charge in [-0.05, 0) is 34.7 Å². The Kier molecular flexibility index (Phi) is 6.10. The van der Waals surface area contributed by atoms with Crippen LogP contribution in [-0.4, -0.2) is 15.0 Å². The van der Waals surface area contributed by atoms with Gasteiger partial charge in [0.05, 0.1) is 0 Å². The molecule has 37 heavy (non-hydrogen) atoms. The fourth-order valence-electron chi connectivity index (χ4n) is 4.58. The number of hydrogen-bond donors (Lipinski definition) is 0. The lowest BCUT2D eigenvalue weighted by molar-refractivity contribution is 1.07. The highest BCUT2D eigenvalue weighted by atomic mass is 15.0. The smallest absolute Gasteiger partial charge is 0.164 e. The van der Waals surface area contributed by atoms with Gasteiger partial charge in [0.15, 0.2) is 17.5 Å². The molecule has 0 saturated carbocycles. The van der Waals surface area contributed by atoms with E-state index in [2.05, 4.69) is 79.7 Å². The van der Waals surface area contributed by atoms with Crippen molar-refractivity contribution in [2.45, 2.75) is 6.92 Å². The van der Waals surface area contributed by atoms with Crippen molar-refractivity contribution in [3.63, 3.8) is 0 Å². The van der Waals surface area contributed by atoms with Gasteiger partial charge in [-0.15, -0.1) is 0 Å². The molecule has 0 bridgehead atoms. The van der Waals surface area contributed by atoms with Crippen LogP contribution in [0.3, 0.4) is 0 Å². The summed E-state index contributed by atoms with van der Waals surface area (Å²) in [6, 6.07) is 45.7. The summed E-state index contributed by atoms with van der Waals surface area (Å²) in [4.78, 5) is 14.5. The van der Waals surface area contributed by atoms with Gasteiger partial charge in [-0.3, -0.25) is 0 Å². The first-order chi connectivity index (χ1) is 18.3. The zero-order chi connectivity index (χ0) is 25.0. The van der Waals surface area contributed by atoms with Crippen LogP contribution in [0, 0.1) is 6.92 Å². The molecule has 0 unspecified atom stereocenters. The van der Waals surface area contributed by atoms with E-state index in [1.165, 1.54) is 22.3 Å². The second-order valence-corrected chi connectivity index (χ2v) is 8.98. The summed E-state index contributed by atoms with van der Waals surface area (Å²) in [5.41, 5.74) is 8.98. The average molecular weight is 476 g/mol. The second kappa shape index (κ2) is 10.00. The van der Waals surface area contributed by atoms with Gasteiger partial charge >= 0.3 is 0 Å². The lowest BCUT2D eigenvalue weighted by Crippen LogP contribution is -2.00. The Balaban J connectivity index is 1.43. The van der Waals surface area contributed by atoms with Crippen LogP contribution < -0.4 is 0 Å². The van der Waals surface area contributed by atoms with E-state index in [9.17, 15) is 0 Å². The Morgan fingerprint density at radius 3 is 1.22 bits per heavy atom. The van der Waals surface area contributed by atoms with Crippen LogP contribution in [0.5, 0.6) is 0 Å². The van der Waals surface area contributed by atoms with Gasteiger partial charge in [0.25, 0.3) is 0 Å². The van der Waals surface area contributed by atoms with E-state index in [1.807, 2.05) is 60.7 Å². The zero-order valence-electron chi connectivity index (χ0n) is 20.5. The van der Waals surface area contributed by atoms with E-state index in [-0.39, 0.29) is 0 Å². The summed E-state index contributed by atoms with van der Waals surface area (Å²) < 4.78 is 0. The molecule has 6 rings (SSSR count). The molecule has 3 heteroatoms. The van der Waals surface area contributed by atoms with Crippen LogP contribution >= 0.6 is 0 Å². The van der Waals surface area contributed by atoms with Crippen LogP contribution in [-0.2, 0) is 0 Å². The van der Waals surface area contributed by atoms with E-state index >= 15 is 0 Å². The molecule has 0 saturated heterocycles. The Hall–Kier alpha value is -4.89. The molecule has 0 aliphatic rings. The molecule has 176 valence electrons. The van der Waals surface area contributed by atoms with Crippen LogP contribution in [0.15, 0.2) is 133 Å². The second-order valence-electron chi connectivity index (χ2n) is 8.98. The summed E-state index contributed by atoms with van der Waals surface area (Å²) >= 11 is 0. The van der Waals surface area contributed by atoms with E-state index < -0.39 is 0 Å². The lowest BCUT2D eigenvalue weighted by Gasteiger charge is -2.13. The largest absolute Gasteiger partial charge is 0.208 e. The minimum absolute atomic E-state index is 0.659. The molecule has 0 aliphatic carbocycles. The first-order valence-electron chi connectivity index (χ1n) is 12.4. The third-order valence-corrected chi connectivity index (χ3v) is 6.52. The topological polar surface area (TPSA) is 38.7 Å². The Labute approximate surface area is 217 Å². The maximum Gasteiger partial charge on any atom is 0.164 e. The van der Waals surface area contributed by atoms with E-state index in [0.29, 0.717) is 17.5 Å². The van der Waals surface area contributed by atoms with Crippen molar-refractivity contribution < 1.29 is 0 Å². The van der Waals surface area contributed by atoms with Crippen molar-refractivity contribution in [2.75, 3.05) is 0 Å². The van der Waals surface area contributed by atoms with E-state index in [1.54, 1.807) is 0 Å². The normalized spacial score (nSPS) is 10.8. The van der Waals surface area contributed by atoms with Gasteiger partial charge in [-0.2, -0.15) is 0 Å². The Bertz CT molecular complexity index is 1600. The molecule has 0 spiro atoms. The molecular weight excluding hydrogens is 450 g/mol. The van der Waals surface area contributed by atoms with Crippen LogP contribution in [0.25, 0.3) is 56.4 Å². The van der Waals surface area contributed by atoms with Gasteiger partial charge in [0.2, 0.25) is 0 Å². The zero-order valence-corrected chi connectivity index (χ0v) is 20.5. The molecule has 0 aliphatic heterocycles. The standard InChI is InChI=1S/C34H25N3/c1-24-12-8-9-17-29(24)31-19-11-10-18-30(31)25-20-22-28(23-21-25)34-36-32(26-13-4-2-5-14-26)35-33(37-34)27-15-6-3-7-16-27/h2-23H,1H3. The van der Waals surface area contributed by atoms with Crippen molar-refractivity contribution in [1.29, 1.82) is 0 Å². The predicted molar refractivity (Wildman–Crippen MR) is 152 cm³/mol. The van der Waals surface area contributed by atoms with E-state index in [4.69, 9.17) is 15.0 Å². The molecule has 0 N–H and O–H groups in total. The molecule has 5 aromatic carbocycles. The maximum atomic E-state index is 4.86. The van der Waals surface area contributed by atoms with E-state index in [0.717, 1.165) is 22.3 Å². The summed E-state index contributed by atoms with van der Waals surface area (Å²) in [6.45, 7) is 2.16. The third-order valence-electron chi connectivity index (χ3n) is 6.52. The lowest BCUT2D eigenvalue weighted by atomic mass is 9.92. The van der Waals surface area contributed by atoms with Gasteiger partial charge in [-0.25, -0.2) is 15.0 Å². The highest BCUT2D eigenvalue weighted by molar-refractivity contribution is 5.85. The monoisotopic (exact) mass is 475 g/mol. The number of benzene rings is 5. The molecule has 0 amide bonds. The molecule has 0 radical (unpaired) electrons. The molecule has 3 nitrogen and oxygen atoms in total. The highest BCUT2D eigenvalue weighted by Gasteiger charge is 2.13. The van der Waals surface area contributed by atoms with Crippen LogP contribution in [0.2, 0.25) is 0 Å². The fraction of sp³-hybridized carbons (Fsp3) is 0.0294. The molecular formula is C34H25N3. The maximum absolute atomic E-state index is 4.86. The van der Waals surface area contributed by atoms with Gasteiger partial charge in [-0.1, -0.05) is 133 Å². The first kappa shape index (κ1) is 22.6. The van der Waals surface area contributed by atoms with Crippen molar-refractivity contribution in [3.8, 4) is 56.4 Å². The minimum Gasteiger partial charge on any atom is -0.208 e. The third kappa shape index (κ3) is 4.67. The summed E-state index contributed by atoms with van der Waals surface area (Å²) in [7, 11) is 0. The number of nitrogens with zero attached hydrogens (tertiary/aromatic N) is 3. The van der Waals surface area contributed by atoms with Gasteiger partial charge in [0, 0.05) is 16.7 Å². The number of hydrogen-bond acceptors (Lipinski definition) is 3. The minimum atomic E-state index is 0.659. The number of aryl methyl sites for hydroxylation is 1. The summed E-state index contributed by atoms with van der Waals surface area (Å²) in [5, 5.41) is 0. The molecule has 1 heterocycles. The predicted octanol–water partition coefficient (Wildman–Crippen LogP) is 8.52. The first-order valence-corrected chi connectivity index (χ1v) is 12.4. The highest BCUT2D eigenvalue weighted by Crippen LogP contribution is 2.34. The van der Waals surface area contributed by atoms with Gasteiger partial charge in [0.1, 0.15) is 0 Å². The SMILES string of the molecule is Cc1ccccc1-c1ccccc1-c1ccc(-c2nc(-c3ccccc3)nc(-c3ccccc3)n2)cc1. The fourth-order valence-corrected chi connectivity index (χ4v) is 4.58. The van der Waals surface area contributed by atoms with Crippen molar-refractivity contribution in [2.24, 2.45) is 0 Å². The van der Waals surface area contributed by atoms with Crippen LogP contribution in [0.4, 0.5) is 0 Å². The molecule has 1 aromatic heterocycles. The van der Waals surface area contributed by atoms with Crippen molar-refractivity contribution in [1.82, 2.24) is 15.0 Å². The number of rotatable bonds is 5. The van der Waals surface area contributed by atoms with Crippen molar-refractivity contribution in [3.05, 3.63) is 139 Å². The summed E-state index contributed by atoms with van der Waals surface area (Å²) in [6.07, 6.45) is 0. The average Bonchev–Trinajstić information content (AvgIpc) is 2.98. The quantitative estimate of drug-likeness (QED) is 0.251. The molecule has 0 atom stereocenters. The van der Waals surface area contributed by atoms with Gasteiger partial charge < -0.3 is 0 Å².